The Morgan fingerprint density at radius 2 is 1.81 bits per heavy atom. The second-order valence-corrected chi connectivity index (χ2v) is 8.75. The predicted octanol–water partition coefficient (Wildman–Crippen LogP) is 1.39. The molecule has 31 heavy (non-hydrogen) atoms. The maximum atomic E-state index is 12.9. The van der Waals surface area contributed by atoms with Crippen LogP contribution in [-0.4, -0.2) is 69.2 Å². The lowest BCUT2D eigenvalue weighted by Crippen LogP contribution is -2.56. The van der Waals surface area contributed by atoms with E-state index in [-0.39, 0.29) is 36.0 Å². The van der Waals surface area contributed by atoms with Gasteiger partial charge < -0.3 is 25.0 Å². The number of carbonyl (C=O) groups excluding carboxylic acids is 3. The van der Waals surface area contributed by atoms with Crippen LogP contribution in [0.1, 0.15) is 37.6 Å². The van der Waals surface area contributed by atoms with E-state index in [0.717, 1.165) is 18.8 Å². The summed E-state index contributed by atoms with van der Waals surface area (Å²) >= 11 is 0. The van der Waals surface area contributed by atoms with Crippen LogP contribution < -0.4 is 15.5 Å². The van der Waals surface area contributed by atoms with Crippen LogP contribution in [0.15, 0.2) is 24.3 Å². The molecule has 2 amide bonds. The molecule has 0 aromatic heterocycles. The van der Waals surface area contributed by atoms with Gasteiger partial charge in [-0.3, -0.25) is 14.4 Å². The first kappa shape index (κ1) is 23.2. The van der Waals surface area contributed by atoms with Crippen molar-refractivity contribution >= 4 is 23.3 Å². The van der Waals surface area contributed by atoms with Gasteiger partial charge in [0.1, 0.15) is 12.6 Å². The van der Waals surface area contributed by atoms with E-state index in [1.54, 1.807) is 12.1 Å². The third-order valence-electron chi connectivity index (χ3n) is 5.67. The summed E-state index contributed by atoms with van der Waals surface area (Å²) in [4.78, 5) is 40.1. The lowest BCUT2D eigenvalue weighted by molar-refractivity contribution is -0.137. The second-order valence-electron chi connectivity index (χ2n) is 8.75. The minimum atomic E-state index is -0.714. The van der Waals surface area contributed by atoms with Crippen LogP contribution in [0.3, 0.4) is 0 Å². The fourth-order valence-corrected chi connectivity index (χ4v) is 3.92. The summed E-state index contributed by atoms with van der Waals surface area (Å²) in [7, 11) is 0. The van der Waals surface area contributed by atoms with Crippen molar-refractivity contribution in [2.24, 2.45) is 11.8 Å². The van der Waals surface area contributed by atoms with Gasteiger partial charge in [0.15, 0.2) is 5.78 Å². The molecule has 2 N–H and O–H groups in total. The number of nitrogens with zero attached hydrogens (tertiary/aromatic N) is 1. The molecule has 2 heterocycles. The monoisotopic (exact) mass is 431 g/mol. The van der Waals surface area contributed by atoms with Crippen molar-refractivity contribution in [2.45, 2.75) is 39.3 Å². The molecule has 0 saturated carbocycles. The summed E-state index contributed by atoms with van der Waals surface area (Å²) in [5, 5.41) is 5.69. The number of carbonyl (C=O) groups is 3. The molecule has 2 aliphatic heterocycles. The maximum Gasteiger partial charge on any atom is 0.251 e. The Labute approximate surface area is 183 Å². The van der Waals surface area contributed by atoms with Crippen molar-refractivity contribution in [1.29, 1.82) is 0 Å². The third kappa shape index (κ3) is 6.27. The standard InChI is InChI=1S/C23H33N3O5/c1-15(2)12-19(23(29)25-21-16(3)13-31-14-20(21)27)24-22(28)17-4-6-18(7-5-17)26-8-10-30-11-9-26/h4-7,15-16,19,21H,8-14H2,1-3H3,(H,24,28)(H,25,29)/t16-,19+,21+/m1/s1. The molecular formula is C23H33N3O5. The van der Waals surface area contributed by atoms with E-state index in [1.165, 1.54) is 0 Å². The molecule has 0 bridgehead atoms. The van der Waals surface area contributed by atoms with E-state index in [9.17, 15) is 14.4 Å². The number of ether oxygens (including phenoxy) is 2. The first-order valence-electron chi connectivity index (χ1n) is 11.0. The van der Waals surface area contributed by atoms with Gasteiger partial charge in [-0.05, 0) is 36.6 Å². The van der Waals surface area contributed by atoms with E-state index in [4.69, 9.17) is 9.47 Å². The van der Waals surface area contributed by atoms with Crippen molar-refractivity contribution in [1.82, 2.24) is 10.6 Å². The highest BCUT2D eigenvalue weighted by Crippen LogP contribution is 2.17. The van der Waals surface area contributed by atoms with Crippen molar-refractivity contribution < 1.29 is 23.9 Å². The third-order valence-corrected chi connectivity index (χ3v) is 5.67. The molecule has 0 spiro atoms. The molecule has 2 aliphatic rings. The summed E-state index contributed by atoms with van der Waals surface area (Å²) in [6.45, 7) is 9.33. The average Bonchev–Trinajstić information content (AvgIpc) is 2.76. The SMILES string of the molecule is CC(C)C[C@H](NC(=O)c1ccc(N2CCOCC2)cc1)C(=O)N[C@@H]1C(=O)COC[C@H]1C. The van der Waals surface area contributed by atoms with E-state index >= 15 is 0 Å². The summed E-state index contributed by atoms with van der Waals surface area (Å²) in [5.74, 6) is -0.684. The Morgan fingerprint density at radius 3 is 2.42 bits per heavy atom. The van der Waals surface area contributed by atoms with E-state index in [0.29, 0.717) is 31.8 Å². The number of benzene rings is 1. The van der Waals surface area contributed by atoms with Crippen LogP contribution >= 0.6 is 0 Å². The van der Waals surface area contributed by atoms with E-state index < -0.39 is 12.1 Å². The molecule has 8 heteroatoms. The van der Waals surface area contributed by atoms with Gasteiger partial charge in [0.2, 0.25) is 5.91 Å². The zero-order chi connectivity index (χ0) is 22.4. The zero-order valence-corrected chi connectivity index (χ0v) is 18.6. The molecule has 2 fully saturated rings. The van der Waals surface area contributed by atoms with E-state index in [2.05, 4.69) is 15.5 Å². The second kappa shape index (κ2) is 10.7. The molecule has 3 atom stereocenters. The molecule has 0 radical (unpaired) electrons. The first-order valence-corrected chi connectivity index (χ1v) is 11.0. The maximum absolute atomic E-state index is 12.9. The largest absolute Gasteiger partial charge is 0.378 e. The molecule has 2 saturated heterocycles. The zero-order valence-electron chi connectivity index (χ0n) is 18.6. The number of Topliss-reactive ketones (excluding diaryl/α,β-unsaturated/α-hetero) is 1. The number of rotatable bonds is 7. The number of amides is 2. The molecule has 1 aromatic carbocycles. The van der Waals surface area contributed by atoms with Crippen LogP contribution in [0.2, 0.25) is 0 Å². The first-order chi connectivity index (χ1) is 14.8. The van der Waals surface area contributed by atoms with Gasteiger partial charge in [-0.25, -0.2) is 0 Å². The minimum absolute atomic E-state index is 0.00594. The summed E-state index contributed by atoms with van der Waals surface area (Å²) in [6, 6.07) is 6.08. The lowest BCUT2D eigenvalue weighted by Gasteiger charge is -2.30. The molecule has 3 rings (SSSR count). The van der Waals surface area contributed by atoms with E-state index in [1.807, 2.05) is 32.9 Å². The molecule has 0 unspecified atom stereocenters. The number of hydrogen-bond donors (Lipinski definition) is 2. The van der Waals surface area contributed by atoms with Crippen molar-refractivity contribution in [3.05, 3.63) is 29.8 Å². The van der Waals surface area contributed by atoms with Crippen LogP contribution in [0.4, 0.5) is 5.69 Å². The van der Waals surface area contributed by atoms with Crippen molar-refractivity contribution in [2.75, 3.05) is 44.4 Å². The number of nitrogens with one attached hydrogen (secondary N) is 2. The Kier molecular flexibility index (Phi) is 8.03. The molecule has 0 aliphatic carbocycles. The lowest BCUT2D eigenvalue weighted by atomic mass is 9.95. The van der Waals surface area contributed by atoms with Gasteiger partial charge in [-0.1, -0.05) is 20.8 Å². The number of anilines is 1. The minimum Gasteiger partial charge on any atom is -0.378 e. The molecule has 1 aromatic rings. The van der Waals surface area contributed by atoms with Crippen LogP contribution in [0.5, 0.6) is 0 Å². The van der Waals surface area contributed by atoms with Crippen LogP contribution in [0, 0.1) is 11.8 Å². The van der Waals surface area contributed by atoms with Gasteiger partial charge in [0.25, 0.3) is 5.91 Å². The summed E-state index contributed by atoms with van der Waals surface area (Å²) < 4.78 is 10.6. The number of hydrogen-bond acceptors (Lipinski definition) is 6. The molecule has 170 valence electrons. The van der Waals surface area contributed by atoms with Crippen LogP contribution in [0.25, 0.3) is 0 Å². The summed E-state index contributed by atoms with van der Waals surface area (Å²) in [5.41, 5.74) is 1.54. The quantitative estimate of drug-likeness (QED) is 0.677. The van der Waals surface area contributed by atoms with Gasteiger partial charge in [-0.15, -0.1) is 0 Å². The highest BCUT2D eigenvalue weighted by molar-refractivity contribution is 5.99. The predicted molar refractivity (Wildman–Crippen MR) is 117 cm³/mol. The Hall–Kier alpha value is -2.45. The normalized spacial score (nSPS) is 22.8. The van der Waals surface area contributed by atoms with Gasteiger partial charge in [0, 0.05) is 30.3 Å². The fraction of sp³-hybridized carbons (Fsp3) is 0.609. The van der Waals surface area contributed by atoms with Gasteiger partial charge in [0.05, 0.1) is 25.9 Å². The van der Waals surface area contributed by atoms with Crippen LogP contribution in [-0.2, 0) is 19.1 Å². The van der Waals surface area contributed by atoms with Crippen molar-refractivity contribution in [3.8, 4) is 0 Å². The van der Waals surface area contributed by atoms with Crippen molar-refractivity contribution in [3.63, 3.8) is 0 Å². The smallest absolute Gasteiger partial charge is 0.251 e. The molecular weight excluding hydrogens is 398 g/mol. The van der Waals surface area contributed by atoms with Gasteiger partial charge in [-0.2, -0.15) is 0 Å². The highest BCUT2D eigenvalue weighted by Gasteiger charge is 2.33. The summed E-state index contributed by atoms with van der Waals surface area (Å²) in [6.07, 6.45) is 0.481. The Morgan fingerprint density at radius 1 is 1.13 bits per heavy atom. The number of ketones is 1. The highest BCUT2D eigenvalue weighted by atomic mass is 16.5. The Balaban J connectivity index is 1.64. The number of morpholine rings is 1. The van der Waals surface area contributed by atoms with Gasteiger partial charge >= 0.3 is 0 Å². The average molecular weight is 432 g/mol. The Bertz CT molecular complexity index is 774. The fourth-order valence-electron chi connectivity index (χ4n) is 3.92. The topological polar surface area (TPSA) is 97.0 Å². The molecule has 8 nitrogen and oxygen atoms in total.